The molecule has 0 aliphatic heterocycles. The standard InChI is InChI=1S/C28H20.2ClH.Zr/c1-3-13-25-21(7-1)17-23-11-5-9-19(27(23)25)15-16-20-10-6-12-24-18-22-8-2-4-14-26(22)28(20)24;;;/h1-14,17-18H,15-16H2;2*1H;/q-2;;;+4/p-2. The molecule has 6 rings (SSSR count). The second-order valence-electron chi connectivity index (χ2n) is 7.73. The van der Waals surface area contributed by atoms with Crippen LogP contribution in [-0.2, 0) is 39.0 Å². The summed E-state index contributed by atoms with van der Waals surface area (Å²) in [7, 11) is 0. The maximum atomic E-state index is 2.32. The van der Waals surface area contributed by atoms with Crippen LogP contribution in [0.4, 0.5) is 0 Å². The Kier molecular flexibility index (Phi) is 7.43. The number of benzene rings is 4. The van der Waals surface area contributed by atoms with E-state index in [0.29, 0.717) is 0 Å². The first-order valence-electron chi connectivity index (χ1n) is 10.0. The largest absolute Gasteiger partial charge is 4.00 e. The third kappa shape index (κ3) is 4.00. The van der Waals surface area contributed by atoms with Gasteiger partial charge in [0.2, 0.25) is 0 Å². The second kappa shape index (κ2) is 9.70. The van der Waals surface area contributed by atoms with E-state index in [9.17, 15) is 0 Å². The van der Waals surface area contributed by atoms with Crippen molar-refractivity contribution in [2.75, 3.05) is 0 Å². The van der Waals surface area contributed by atoms with Crippen LogP contribution in [0.5, 0.6) is 0 Å². The van der Waals surface area contributed by atoms with Crippen LogP contribution in [0.3, 0.4) is 0 Å². The fourth-order valence-corrected chi connectivity index (χ4v) is 4.86. The molecule has 0 nitrogen and oxygen atoms in total. The van der Waals surface area contributed by atoms with Gasteiger partial charge in [-0.25, -0.2) is 0 Å². The molecule has 0 saturated carbocycles. The van der Waals surface area contributed by atoms with E-state index in [1.807, 2.05) is 0 Å². The maximum Gasteiger partial charge on any atom is 4.00 e. The van der Waals surface area contributed by atoms with E-state index in [1.54, 1.807) is 0 Å². The molecule has 0 amide bonds. The van der Waals surface area contributed by atoms with Crippen molar-refractivity contribution in [3.05, 3.63) is 108 Å². The Labute approximate surface area is 213 Å². The van der Waals surface area contributed by atoms with E-state index in [0.717, 1.165) is 12.8 Å². The summed E-state index contributed by atoms with van der Waals surface area (Å²) in [6, 6.07) is 35.6. The van der Waals surface area contributed by atoms with E-state index in [-0.39, 0.29) is 51.0 Å². The van der Waals surface area contributed by atoms with Crippen LogP contribution in [0, 0.1) is 0 Å². The quantitative estimate of drug-likeness (QED) is 0.312. The zero-order valence-corrected chi connectivity index (χ0v) is 20.9. The Bertz CT molecular complexity index is 1360. The molecule has 0 saturated heterocycles. The molecule has 0 bridgehead atoms. The van der Waals surface area contributed by atoms with E-state index >= 15 is 0 Å². The fourth-order valence-electron chi connectivity index (χ4n) is 4.86. The normalized spacial score (nSPS) is 10.7. The maximum absolute atomic E-state index is 2.32. The minimum Gasteiger partial charge on any atom is -1.00 e. The summed E-state index contributed by atoms with van der Waals surface area (Å²) in [5.41, 5.74) is 2.90. The predicted molar refractivity (Wildman–Crippen MR) is 122 cm³/mol. The van der Waals surface area contributed by atoms with Gasteiger partial charge < -0.3 is 24.8 Å². The minimum absolute atomic E-state index is 0. The summed E-state index contributed by atoms with van der Waals surface area (Å²) in [6.07, 6.45) is 2.12. The molecular weight excluding hydrogens is 498 g/mol. The number of halogens is 2. The van der Waals surface area contributed by atoms with Gasteiger partial charge in [-0.15, -0.1) is 79.5 Å². The van der Waals surface area contributed by atoms with Gasteiger partial charge in [-0.1, -0.05) is 71.8 Å². The summed E-state index contributed by atoms with van der Waals surface area (Å²) in [5, 5.41) is 11.0. The van der Waals surface area contributed by atoms with E-state index in [1.165, 1.54) is 54.2 Å². The van der Waals surface area contributed by atoms with Crippen LogP contribution < -0.4 is 24.8 Å². The van der Waals surface area contributed by atoms with Gasteiger partial charge in [-0.05, 0) is 12.8 Å². The molecule has 0 N–H and O–H groups in total. The summed E-state index contributed by atoms with van der Waals surface area (Å²) in [6.45, 7) is 0. The Balaban J connectivity index is 0.000000907. The van der Waals surface area contributed by atoms with Crippen LogP contribution in [0.1, 0.15) is 11.1 Å². The molecule has 0 fully saturated rings. The first kappa shape index (κ1) is 23.7. The molecule has 0 aliphatic carbocycles. The SMILES string of the molecule is [Cl-].[Cl-].[Zr+4].c1ccc2c(c1)[cH-]c1cccc(CCc3cccc4[cH-]c5ccccc5c34)c12. The van der Waals surface area contributed by atoms with E-state index in [4.69, 9.17) is 0 Å². The van der Waals surface area contributed by atoms with Crippen molar-refractivity contribution in [1.29, 1.82) is 0 Å². The summed E-state index contributed by atoms with van der Waals surface area (Å²) >= 11 is 0. The first-order chi connectivity index (χ1) is 13.9. The van der Waals surface area contributed by atoms with Gasteiger partial charge in [0.1, 0.15) is 0 Å². The number of hydrogen-bond acceptors (Lipinski definition) is 0. The molecule has 0 radical (unpaired) electrons. The van der Waals surface area contributed by atoms with E-state index in [2.05, 4.69) is 97.1 Å². The number of fused-ring (bicyclic) bond motifs is 6. The number of hydrogen-bond donors (Lipinski definition) is 0. The van der Waals surface area contributed by atoms with Crippen molar-refractivity contribution in [3.63, 3.8) is 0 Å². The molecule has 150 valence electrons. The molecule has 0 aromatic heterocycles. The molecule has 0 atom stereocenters. The summed E-state index contributed by atoms with van der Waals surface area (Å²) in [5.74, 6) is 0. The monoisotopic (exact) mass is 516 g/mol. The van der Waals surface area contributed by atoms with Crippen LogP contribution in [-0.4, -0.2) is 0 Å². The van der Waals surface area contributed by atoms with Gasteiger partial charge in [0, 0.05) is 0 Å². The number of aryl methyl sites for hydroxylation is 2. The van der Waals surface area contributed by atoms with Crippen molar-refractivity contribution in [2.24, 2.45) is 0 Å². The Morgan fingerprint density at radius 1 is 0.452 bits per heavy atom. The summed E-state index contributed by atoms with van der Waals surface area (Å²) < 4.78 is 0. The smallest absolute Gasteiger partial charge is 1.00 e. The first-order valence-corrected chi connectivity index (χ1v) is 10.0. The number of rotatable bonds is 3. The Morgan fingerprint density at radius 2 is 0.839 bits per heavy atom. The van der Waals surface area contributed by atoms with Crippen molar-refractivity contribution < 1.29 is 51.0 Å². The van der Waals surface area contributed by atoms with Crippen molar-refractivity contribution in [2.45, 2.75) is 12.8 Å². The van der Waals surface area contributed by atoms with Crippen LogP contribution in [0.25, 0.3) is 43.1 Å². The zero-order chi connectivity index (χ0) is 18.5. The average Bonchev–Trinajstić information content (AvgIpc) is 3.31. The average molecular weight is 519 g/mol. The molecule has 0 heterocycles. The molecule has 6 aromatic carbocycles. The van der Waals surface area contributed by atoms with Crippen LogP contribution in [0.2, 0.25) is 0 Å². The van der Waals surface area contributed by atoms with Gasteiger partial charge in [0.05, 0.1) is 0 Å². The fraction of sp³-hybridized carbons (Fsp3) is 0.0714. The third-order valence-corrected chi connectivity index (χ3v) is 6.11. The molecule has 6 aromatic rings. The molecule has 3 heteroatoms. The van der Waals surface area contributed by atoms with Gasteiger partial charge in [0.15, 0.2) is 0 Å². The van der Waals surface area contributed by atoms with Gasteiger partial charge in [0.25, 0.3) is 0 Å². The van der Waals surface area contributed by atoms with Gasteiger partial charge >= 0.3 is 26.2 Å². The van der Waals surface area contributed by atoms with Gasteiger partial charge in [-0.2, -0.15) is 0 Å². The van der Waals surface area contributed by atoms with Crippen molar-refractivity contribution in [1.82, 2.24) is 0 Å². The Morgan fingerprint density at radius 3 is 1.29 bits per heavy atom. The topological polar surface area (TPSA) is 0 Å². The third-order valence-electron chi connectivity index (χ3n) is 6.11. The summed E-state index contributed by atoms with van der Waals surface area (Å²) in [4.78, 5) is 0. The van der Waals surface area contributed by atoms with Gasteiger partial charge in [-0.3, -0.25) is 0 Å². The molecule has 0 aliphatic rings. The van der Waals surface area contributed by atoms with Crippen LogP contribution >= 0.6 is 0 Å². The molecule has 0 unspecified atom stereocenters. The van der Waals surface area contributed by atoms with Crippen molar-refractivity contribution in [3.8, 4) is 0 Å². The second-order valence-corrected chi connectivity index (χ2v) is 7.73. The Hall–Kier alpha value is -1.92. The van der Waals surface area contributed by atoms with E-state index < -0.39 is 0 Å². The van der Waals surface area contributed by atoms with Crippen LogP contribution in [0.15, 0.2) is 97.1 Å². The molecular formula is C28H20Cl2Zr. The van der Waals surface area contributed by atoms with Crippen molar-refractivity contribution >= 4 is 43.1 Å². The molecule has 31 heavy (non-hydrogen) atoms. The minimum atomic E-state index is 0. The zero-order valence-electron chi connectivity index (χ0n) is 16.9. The predicted octanol–water partition coefficient (Wildman–Crippen LogP) is 1.53. The molecule has 0 spiro atoms.